The molecule has 2 aromatic rings. The number of hydrogen-bond donors (Lipinski definition) is 1. The summed E-state index contributed by atoms with van der Waals surface area (Å²) in [5.41, 5.74) is 5.35. The summed E-state index contributed by atoms with van der Waals surface area (Å²) in [5, 5.41) is 3.19. The van der Waals surface area contributed by atoms with Gasteiger partial charge in [0.05, 0.1) is 0 Å². The fourth-order valence-electron chi connectivity index (χ4n) is 2.22. The molecule has 0 heterocycles. The number of benzene rings is 2. The maximum absolute atomic E-state index is 3.19. The first-order valence-electron chi connectivity index (χ1n) is 6.66. The fourth-order valence-corrected chi connectivity index (χ4v) is 2.22. The van der Waals surface area contributed by atoms with Crippen LogP contribution in [0.25, 0.3) is 11.1 Å². The van der Waals surface area contributed by atoms with Gasteiger partial charge in [0.15, 0.2) is 0 Å². The van der Waals surface area contributed by atoms with Gasteiger partial charge in [0, 0.05) is 6.54 Å². The lowest BCUT2D eigenvalue weighted by atomic mass is 10.0. The van der Waals surface area contributed by atoms with E-state index >= 15 is 0 Å². The van der Waals surface area contributed by atoms with E-state index in [-0.39, 0.29) is 0 Å². The van der Waals surface area contributed by atoms with Crippen molar-refractivity contribution in [2.45, 2.75) is 26.3 Å². The van der Waals surface area contributed by atoms with Gasteiger partial charge in [-0.15, -0.1) is 0 Å². The predicted molar refractivity (Wildman–Crippen MR) is 78.6 cm³/mol. The van der Waals surface area contributed by atoms with Gasteiger partial charge in [0.25, 0.3) is 0 Å². The van der Waals surface area contributed by atoms with E-state index in [2.05, 4.69) is 60.8 Å². The van der Waals surface area contributed by atoms with E-state index < -0.39 is 0 Å². The molecule has 1 nitrogen and oxygen atoms in total. The molecule has 2 aromatic carbocycles. The van der Waals surface area contributed by atoms with Crippen molar-refractivity contribution in [3.8, 4) is 11.1 Å². The van der Waals surface area contributed by atoms with Crippen LogP contribution in [0, 0.1) is 0 Å². The van der Waals surface area contributed by atoms with Crippen molar-refractivity contribution in [3.05, 3.63) is 59.7 Å². The van der Waals surface area contributed by atoms with Gasteiger partial charge in [-0.2, -0.15) is 0 Å². The van der Waals surface area contributed by atoms with Gasteiger partial charge in [-0.3, -0.25) is 0 Å². The third kappa shape index (κ3) is 3.21. The summed E-state index contributed by atoms with van der Waals surface area (Å²) in [5.74, 6) is 0. The Hall–Kier alpha value is -1.60. The van der Waals surface area contributed by atoms with E-state index in [1.165, 1.54) is 35.1 Å². The number of aryl methyl sites for hydroxylation is 1. The Balaban J connectivity index is 2.22. The highest BCUT2D eigenvalue weighted by Crippen LogP contribution is 2.21. The summed E-state index contributed by atoms with van der Waals surface area (Å²) in [6, 6.07) is 17.6. The minimum Gasteiger partial charge on any atom is -0.316 e. The van der Waals surface area contributed by atoms with Crippen LogP contribution in [0.2, 0.25) is 0 Å². The van der Waals surface area contributed by atoms with Gasteiger partial charge >= 0.3 is 0 Å². The van der Waals surface area contributed by atoms with Crippen molar-refractivity contribution in [2.75, 3.05) is 7.05 Å². The topological polar surface area (TPSA) is 12.0 Å². The molecule has 0 bridgehead atoms. The predicted octanol–water partition coefficient (Wildman–Crippen LogP) is 4.03. The highest BCUT2D eigenvalue weighted by molar-refractivity contribution is 5.64. The van der Waals surface area contributed by atoms with Crippen molar-refractivity contribution in [1.82, 2.24) is 5.32 Å². The molecule has 0 atom stereocenters. The van der Waals surface area contributed by atoms with Gasteiger partial charge in [0.2, 0.25) is 0 Å². The van der Waals surface area contributed by atoms with Crippen LogP contribution in [-0.2, 0) is 13.0 Å². The first-order valence-corrected chi connectivity index (χ1v) is 6.66. The first kappa shape index (κ1) is 12.8. The summed E-state index contributed by atoms with van der Waals surface area (Å²) in [4.78, 5) is 0. The highest BCUT2D eigenvalue weighted by atomic mass is 14.8. The van der Waals surface area contributed by atoms with Gasteiger partial charge in [-0.1, -0.05) is 55.8 Å². The zero-order valence-corrected chi connectivity index (χ0v) is 11.2. The Morgan fingerprint density at radius 2 is 1.67 bits per heavy atom. The zero-order chi connectivity index (χ0) is 12.8. The lowest BCUT2D eigenvalue weighted by molar-refractivity contribution is 0.818. The van der Waals surface area contributed by atoms with Crippen molar-refractivity contribution >= 4 is 0 Å². The van der Waals surface area contributed by atoms with Gasteiger partial charge in [0.1, 0.15) is 0 Å². The lowest BCUT2D eigenvalue weighted by Crippen LogP contribution is -2.04. The largest absolute Gasteiger partial charge is 0.316 e. The van der Waals surface area contributed by atoms with Crippen LogP contribution in [0.4, 0.5) is 0 Å². The molecular weight excluding hydrogens is 218 g/mol. The second kappa shape index (κ2) is 6.36. The van der Waals surface area contributed by atoms with Crippen LogP contribution >= 0.6 is 0 Å². The van der Waals surface area contributed by atoms with Crippen LogP contribution < -0.4 is 5.32 Å². The van der Waals surface area contributed by atoms with E-state index in [1.807, 2.05) is 7.05 Å². The average Bonchev–Trinajstić information content (AvgIpc) is 2.41. The molecule has 0 spiro atoms. The molecular formula is C17H21N. The summed E-state index contributed by atoms with van der Waals surface area (Å²) < 4.78 is 0. The molecule has 2 rings (SSSR count). The number of rotatable bonds is 5. The van der Waals surface area contributed by atoms with Crippen molar-refractivity contribution in [1.29, 1.82) is 0 Å². The standard InChI is InChI=1S/C17H21N/c1-3-5-14-8-10-16(11-9-14)17-7-4-6-15(12-17)13-18-2/h4,6-12,18H,3,5,13H2,1-2H3. The Kier molecular flexibility index (Phi) is 4.54. The molecule has 0 aliphatic carbocycles. The summed E-state index contributed by atoms with van der Waals surface area (Å²) in [7, 11) is 1.98. The first-order chi connectivity index (χ1) is 8.83. The Morgan fingerprint density at radius 3 is 2.33 bits per heavy atom. The molecule has 0 amide bonds. The molecule has 0 radical (unpaired) electrons. The van der Waals surface area contributed by atoms with Crippen LogP contribution in [-0.4, -0.2) is 7.05 Å². The monoisotopic (exact) mass is 239 g/mol. The van der Waals surface area contributed by atoms with E-state index in [9.17, 15) is 0 Å². The van der Waals surface area contributed by atoms with E-state index in [0.29, 0.717) is 0 Å². The molecule has 1 N–H and O–H groups in total. The molecule has 0 unspecified atom stereocenters. The quantitative estimate of drug-likeness (QED) is 0.830. The molecule has 0 aromatic heterocycles. The second-order valence-corrected chi connectivity index (χ2v) is 4.68. The van der Waals surface area contributed by atoms with Gasteiger partial charge < -0.3 is 5.32 Å². The molecule has 0 saturated heterocycles. The molecule has 0 saturated carbocycles. The molecule has 1 heteroatoms. The van der Waals surface area contributed by atoms with Crippen LogP contribution in [0.5, 0.6) is 0 Å². The number of hydrogen-bond acceptors (Lipinski definition) is 1. The van der Waals surface area contributed by atoms with Crippen molar-refractivity contribution < 1.29 is 0 Å². The van der Waals surface area contributed by atoms with E-state index in [1.54, 1.807) is 0 Å². The smallest absolute Gasteiger partial charge is 0.0202 e. The van der Waals surface area contributed by atoms with Crippen LogP contribution in [0.3, 0.4) is 0 Å². The van der Waals surface area contributed by atoms with Crippen molar-refractivity contribution in [2.24, 2.45) is 0 Å². The van der Waals surface area contributed by atoms with Crippen LogP contribution in [0.1, 0.15) is 24.5 Å². The maximum atomic E-state index is 3.19. The summed E-state index contributed by atoms with van der Waals surface area (Å²) in [6.45, 7) is 3.14. The van der Waals surface area contributed by atoms with Crippen LogP contribution in [0.15, 0.2) is 48.5 Å². The fraction of sp³-hybridized carbons (Fsp3) is 0.294. The SMILES string of the molecule is CCCc1ccc(-c2cccc(CNC)c2)cc1. The van der Waals surface area contributed by atoms with Gasteiger partial charge in [-0.05, 0) is 41.8 Å². The molecule has 0 aliphatic rings. The number of nitrogens with one attached hydrogen (secondary N) is 1. The Labute approximate surface area is 110 Å². The van der Waals surface area contributed by atoms with E-state index in [4.69, 9.17) is 0 Å². The summed E-state index contributed by atoms with van der Waals surface area (Å²) in [6.07, 6.45) is 2.37. The minimum absolute atomic E-state index is 0.918. The molecule has 18 heavy (non-hydrogen) atoms. The van der Waals surface area contributed by atoms with Gasteiger partial charge in [-0.25, -0.2) is 0 Å². The van der Waals surface area contributed by atoms with E-state index in [0.717, 1.165) is 6.54 Å². The Bertz CT molecular complexity index is 485. The second-order valence-electron chi connectivity index (χ2n) is 4.68. The Morgan fingerprint density at radius 1 is 0.889 bits per heavy atom. The molecule has 0 fully saturated rings. The molecule has 94 valence electrons. The van der Waals surface area contributed by atoms with Crippen molar-refractivity contribution in [3.63, 3.8) is 0 Å². The summed E-state index contributed by atoms with van der Waals surface area (Å²) >= 11 is 0. The third-order valence-electron chi connectivity index (χ3n) is 3.13. The lowest BCUT2D eigenvalue weighted by Gasteiger charge is -2.06. The average molecular weight is 239 g/mol. The minimum atomic E-state index is 0.918. The third-order valence-corrected chi connectivity index (χ3v) is 3.13. The maximum Gasteiger partial charge on any atom is 0.0202 e. The molecule has 0 aliphatic heterocycles. The highest BCUT2D eigenvalue weighted by Gasteiger charge is 1.99. The zero-order valence-electron chi connectivity index (χ0n) is 11.2. The normalized spacial score (nSPS) is 10.6.